The van der Waals surface area contributed by atoms with Crippen LogP contribution in [0, 0.1) is 5.82 Å². The van der Waals surface area contributed by atoms with Gasteiger partial charge in [-0.25, -0.2) is 4.39 Å². The van der Waals surface area contributed by atoms with Crippen molar-refractivity contribution in [2.75, 3.05) is 12.4 Å². The fourth-order valence-electron chi connectivity index (χ4n) is 2.41. The van der Waals surface area contributed by atoms with E-state index in [2.05, 4.69) is 0 Å². The highest BCUT2D eigenvalue weighted by atomic mass is 32.2. The van der Waals surface area contributed by atoms with Crippen molar-refractivity contribution in [1.82, 2.24) is 4.90 Å². The van der Waals surface area contributed by atoms with Gasteiger partial charge >= 0.3 is 0 Å². The summed E-state index contributed by atoms with van der Waals surface area (Å²) in [5.41, 5.74) is 0.628. The zero-order valence-corrected chi connectivity index (χ0v) is 14.2. The molecular formula is C17H14FNO3S2. The lowest BCUT2D eigenvalue weighted by Gasteiger charge is -2.15. The molecule has 1 aliphatic rings. The topological polar surface area (TPSA) is 57.6 Å². The molecule has 0 radical (unpaired) electrons. The van der Waals surface area contributed by atoms with Crippen LogP contribution in [0.3, 0.4) is 0 Å². The summed E-state index contributed by atoms with van der Waals surface area (Å²) >= 11 is 2.52. The minimum absolute atomic E-state index is 0.0966. The number of aliphatic hydroxyl groups is 1. The number of carbonyl (C=O) groups is 2. The van der Waals surface area contributed by atoms with Crippen LogP contribution in [-0.4, -0.2) is 34.2 Å². The Morgan fingerprint density at radius 1 is 1.12 bits per heavy atom. The molecule has 0 saturated carbocycles. The van der Waals surface area contributed by atoms with Gasteiger partial charge in [0.2, 0.25) is 0 Å². The number of hydrogen-bond acceptors (Lipinski definition) is 5. The van der Waals surface area contributed by atoms with Crippen molar-refractivity contribution in [2.24, 2.45) is 0 Å². The number of thioether (sulfide) groups is 1. The number of nitrogens with zero attached hydrogens (tertiary/aromatic N) is 1. The van der Waals surface area contributed by atoms with Crippen LogP contribution < -0.4 is 0 Å². The van der Waals surface area contributed by atoms with Crippen molar-refractivity contribution >= 4 is 40.5 Å². The predicted octanol–water partition coefficient (Wildman–Crippen LogP) is 2.89. The van der Waals surface area contributed by atoms with Crippen LogP contribution in [0.15, 0.2) is 46.7 Å². The Morgan fingerprint density at radius 2 is 1.92 bits per heavy atom. The van der Waals surface area contributed by atoms with Gasteiger partial charge in [0.05, 0.1) is 23.6 Å². The molecule has 0 aliphatic carbocycles. The molecule has 0 saturated heterocycles. The lowest BCUT2D eigenvalue weighted by molar-refractivity contribution is -0.137. The molecule has 0 unspecified atom stereocenters. The van der Waals surface area contributed by atoms with Crippen LogP contribution in [0.4, 0.5) is 4.39 Å². The second-order valence-electron chi connectivity index (χ2n) is 5.04. The van der Waals surface area contributed by atoms with Crippen LogP contribution >= 0.6 is 23.1 Å². The Bertz CT molecular complexity index is 802. The molecular weight excluding hydrogens is 349 g/mol. The number of imide groups is 1. The quantitative estimate of drug-likeness (QED) is 0.802. The molecule has 1 aromatic carbocycles. The number of hydrogen-bond donors (Lipinski definition) is 1. The summed E-state index contributed by atoms with van der Waals surface area (Å²) in [6.45, 7) is -0.205. The molecule has 1 aromatic heterocycles. The van der Waals surface area contributed by atoms with Crippen molar-refractivity contribution in [3.05, 3.63) is 62.9 Å². The van der Waals surface area contributed by atoms with Gasteiger partial charge in [0, 0.05) is 16.2 Å². The Hall–Kier alpha value is -1.96. The molecule has 24 heavy (non-hydrogen) atoms. The van der Waals surface area contributed by atoms with E-state index in [1.807, 2.05) is 5.38 Å². The summed E-state index contributed by atoms with van der Waals surface area (Å²) in [6, 6.07) is 9.66. The fraction of sp³-hybridized carbons (Fsp3) is 0.176. The van der Waals surface area contributed by atoms with Crippen LogP contribution in [0.25, 0.3) is 5.57 Å². The van der Waals surface area contributed by atoms with Crippen LogP contribution in [0.1, 0.15) is 10.4 Å². The highest BCUT2D eigenvalue weighted by molar-refractivity contribution is 8.04. The second kappa shape index (κ2) is 7.29. The molecule has 2 aromatic rings. The fourth-order valence-corrected chi connectivity index (χ4v) is 4.12. The molecule has 0 bridgehead atoms. The molecule has 3 rings (SSSR count). The van der Waals surface area contributed by atoms with Crippen molar-refractivity contribution in [3.8, 4) is 0 Å². The molecule has 1 N–H and O–H groups in total. The SMILES string of the molecule is O=C1C(SCCO)=C(c2cccs2)C(=O)N1Cc1ccccc1F. The van der Waals surface area contributed by atoms with Gasteiger partial charge in [-0.3, -0.25) is 14.5 Å². The first-order chi connectivity index (χ1) is 11.6. The van der Waals surface area contributed by atoms with E-state index in [1.165, 1.54) is 17.4 Å². The molecule has 0 fully saturated rings. The maximum atomic E-state index is 13.9. The third kappa shape index (κ3) is 3.15. The molecule has 7 heteroatoms. The Kier molecular flexibility index (Phi) is 5.13. The van der Waals surface area contributed by atoms with Crippen LogP contribution in [-0.2, 0) is 16.1 Å². The number of thiophene rings is 1. The lowest BCUT2D eigenvalue weighted by Crippen LogP contribution is -2.31. The molecule has 0 spiro atoms. The van der Waals surface area contributed by atoms with Crippen LogP contribution in [0.2, 0.25) is 0 Å². The summed E-state index contributed by atoms with van der Waals surface area (Å²) in [4.78, 5) is 27.5. The van der Waals surface area contributed by atoms with Gasteiger partial charge in [-0.2, -0.15) is 0 Å². The van der Waals surface area contributed by atoms with E-state index < -0.39 is 17.6 Å². The molecule has 2 heterocycles. The Balaban J connectivity index is 1.94. The lowest BCUT2D eigenvalue weighted by atomic mass is 10.2. The maximum absolute atomic E-state index is 13.9. The smallest absolute Gasteiger partial charge is 0.268 e. The summed E-state index contributed by atoms with van der Waals surface area (Å²) in [6.07, 6.45) is 0. The largest absolute Gasteiger partial charge is 0.396 e. The van der Waals surface area contributed by atoms with E-state index in [9.17, 15) is 14.0 Å². The van der Waals surface area contributed by atoms with Gasteiger partial charge in [0.1, 0.15) is 5.82 Å². The van der Waals surface area contributed by atoms with Gasteiger partial charge < -0.3 is 5.11 Å². The monoisotopic (exact) mass is 363 g/mol. The first-order valence-electron chi connectivity index (χ1n) is 7.25. The van der Waals surface area contributed by atoms with Crippen molar-refractivity contribution in [3.63, 3.8) is 0 Å². The molecule has 2 amide bonds. The average molecular weight is 363 g/mol. The third-order valence-corrected chi connectivity index (χ3v) is 5.46. The Labute approximate surface area is 146 Å². The van der Waals surface area contributed by atoms with Gasteiger partial charge in [0.15, 0.2) is 0 Å². The molecule has 4 nitrogen and oxygen atoms in total. The van der Waals surface area contributed by atoms with E-state index in [4.69, 9.17) is 5.11 Å². The van der Waals surface area contributed by atoms with Crippen molar-refractivity contribution in [1.29, 1.82) is 0 Å². The molecule has 1 aliphatic heterocycles. The van der Waals surface area contributed by atoms with E-state index in [0.29, 0.717) is 21.1 Å². The molecule has 0 atom stereocenters. The van der Waals surface area contributed by atoms with E-state index in [-0.39, 0.29) is 18.7 Å². The van der Waals surface area contributed by atoms with Crippen molar-refractivity contribution < 1.29 is 19.1 Å². The zero-order valence-electron chi connectivity index (χ0n) is 12.6. The highest BCUT2D eigenvalue weighted by Gasteiger charge is 2.39. The predicted molar refractivity (Wildman–Crippen MR) is 92.7 cm³/mol. The number of benzene rings is 1. The maximum Gasteiger partial charge on any atom is 0.268 e. The number of rotatable bonds is 6. The first kappa shape index (κ1) is 16.9. The average Bonchev–Trinajstić information content (AvgIpc) is 3.17. The minimum atomic E-state index is -0.452. The highest BCUT2D eigenvalue weighted by Crippen LogP contribution is 2.38. The molecule has 124 valence electrons. The van der Waals surface area contributed by atoms with Gasteiger partial charge in [-0.1, -0.05) is 24.3 Å². The zero-order chi connectivity index (χ0) is 17.1. The van der Waals surface area contributed by atoms with Crippen LogP contribution in [0.5, 0.6) is 0 Å². The number of aliphatic hydroxyl groups excluding tert-OH is 1. The summed E-state index contributed by atoms with van der Waals surface area (Å²) in [5, 5.41) is 10.9. The second-order valence-corrected chi connectivity index (χ2v) is 7.09. The van der Waals surface area contributed by atoms with E-state index >= 15 is 0 Å². The number of carbonyl (C=O) groups excluding carboxylic acids is 2. The third-order valence-electron chi connectivity index (χ3n) is 3.52. The summed E-state index contributed by atoms with van der Waals surface area (Å²) in [5.74, 6) is -1.000. The van der Waals surface area contributed by atoms with Gasteiger partial charge in [-0.15, -0.1) is 23.1 Å². The minimum Gasteiger partial charge on any atom is -0.396 e. The van der Waals surface area contributed by atoms with Gasteiger partial charge in [0.25, 0.3) is 11.8 Å². The van der Waals surface area contributed by atoms with Crippen molar-refractivity contribution in [2.45, 2.75) is 6.54 Å². The van der Waals surface area contributed by atoms with E-state index in [1.54, 1.807) is 30.3 Å². The summed E-state index contributed by atoms with van der Waals surface area (Å²) in [7, 11) is 0. The standard InChI is InChI=1S/C17H14FNO3S2/c18-12-5-2-1-4-11(12)10-19-16(21)14(13-6-3-8-23-13)15(17(19)22)24-9-7-20/h1-6,8,20H,7,9-10H2. The number of halogens is 1. The number of amides is 2. The summed E-state index contributed by atoms with van der Waals surface area (Å²) < 4.78 is 13.9. The first-order valence-corrected chi connectivity index (χ1v) is 9.11. The van der Waals surface area contributed by atoms with E-state index in [0.717, 1.165) is 16.7 Å². The Morgan fingerprint density at radius 3 is 2.58 bits per heavy atom. The normalized spacial score (nSPS) is 14.8. The van der Waals surface area contributed by atoms with Gasteiger partial charge in [-0.05, 0) is 17.5 Å².